The first-order chi connectivity index (χ1) is 8.81. The van der Waals surface area contributed by atoms with Gasteiger partial charge in [0.15, 0.2) is 11.5 Å². The number of fused-ring (bicyclic) bond motifs is 1. The van der Waals surface area contributed by atoms with Gasteiger partial charge in [-0.2, -0.15) is 5.26 Å². The Balaban J connectivity index is 2.39. The number of para-hydroxylation sites is 2. The maximum atomic E-state index is 9.09. The maximum Gasteiger partial charge on any atom is 0.183 e. The second-order valence-electron chi connectivity index (χ2n) is 3.82. The molecule has 0 aliphatic carbocycles. The number of nitrogens with zero attached hydrogens (tertiary/aromatic N) is 5. The lowest BCUT2D eigenvalue weighted by atomic mass is 10.3. The summed E-state index contributed by atoms with van der Waals surface area (Å²) < 4.78 is 1.85. The largest absolute Gasteiger partial charge is 0.278 e. The Bertz CT molecular complexity index is 766. The van der Waals surface area contributed by atoms with Crippen LogP contribution in [0.5, 0.6) is 0 Å². The summed E-state index contributed by atoms with van der Waals surface area (Å²) in [7, 11) is 0. The van der Waals surface area contributed by atoms with Crippen LogP contribution in [0.15, 0.2) is 36.7 Å². The van der Waals surface area contributed by atoms with E-state index in [0.29, 0.717) is 11.5 Å². The number of nitriles is 1. The molecule has 0 bridgehead atoms. The van der Waals surface area contributed by atoms with Crippen molar-refractivity contribution in [2.24, 2.45) is 0 Å². The van der Waals surface area contributed by atoms with E-state index in [9.17, 15) is 0 Å². The quantitative estimate of drug-likeness (QED) is 0.647. The number of benzene rings is 1. The molecule has 2 aromatic heterocycles. The van der Waals surface area contributed by atoms with Crippen LogP contribution in [0.4, 0.5) is 0 Å². The average Bonchev–Trinajstić information content (AvgIpc) is 2.74. The summed E-state index contributed by atoms with van der Waals surface area (Å²) in [4.78, 5) is 12.7. The van der Waals surface area contributed by atoms with Crippen molar-refractivity contribution in [1.29, 1.82) is 5.26 Å². The van der Waals surface area contributed by atoms with E-state index in [1.54, 1.807) is 6.20 Å². The average molecular weight is 235 g/mol. The molecule has 0 amide bonds. The lowest BCUT2D eigenvalue weighted by Crippen LogP contribution is -2.04. The molecule has 0 radical (unpaired) electrons. The van der Waals surface area contributed by atoms with Crippen LogP contribution in [-0.2, 0) is 0 Å². The number of imidazole rings is 1. The Morgan fingerprint density at radius 1 is 1.17 bits per heavy atom. The van der Waals surface area contributed by atoms with E-state index in [2.05, 4.69) is 21.0 Å². The lowest BCUT2D eigenvalue weighted by molar-refractivity contribution is 0.932. The van der Waals surface area contributed by atoms with Crippen molar-refractivity contribution in [3.63, 3.8) is 0 Å². The Morgan fingerprint density at radius 2 is 1.94 bits per heavy atom. The Hall–Kier alpha value is -2.74. The summed E-state index contributed by atoms with van der Waals surface area (Å²) >= 11 is 0. The molecule has 5 heteroatoms. The van der Waals surface area contributed by atoms with Gasteiger partial charge in [-0.05, 0) is 19.1 Å². The van der Waals surface area contributed by atoms with E-state index in [-0.39, 0.29) is 0 Å². The third-order valence-corrected chi connectivity index (χ3v) is 2.73. The standard InChI is InChI=1S/C13H9N5/c1-9-17-10-4-2-3-5-12(10)18(9)13-11(8-14)15-6-7-16-13/h2-7H,1H3. The van der Waals surface area contributed by atoms with Gasteiger partial charge >= 0.3 is 0 Å². The van der Waals surface area contributed by atoms with Gasteiger partial charge in [0, 0.05) is 12.4 Å². The molecule has 1 aromatic carbocycles. The van der Waals surface area contributed by atoms with E-state index in [4.69, 9.17) is 5.26 Å². The highest BCUT2D eigenvalue weighted by molar-refractivity contribution is 5.78. The van der Waals surface area contributed by atoms with Gasteiger partial charge in [0.1, 0.15) is 11.9 Å². The molecule has 5 nitrogen and oxygen atoms in total. The maximum absolute atomic E-state index is 9.09. The topological polar surface area (TPSA) is 67.4 Å². The second kappa shape index (κ2) is 3.93. The second-order valence-corrected chi connectivity index (χ2v) is 3.82. The van der Waals surface area contributed by atoms with Gasteiger partial charge in [0.05, 0.1) is 11.0 Å². The smallest absolute Gasteiger partial charge is 0.183 e. The van der Waals surface area contributed by atoms with Crippen molar-refractivity contribution in [2.45, 2.75) is 6.92 Å². The van der Waals surface area contributed by atoms with Crippen molar-refractivity contribution in [2.75, 3.05) is 0 Å². The van der Waals surface area contributed by atoms with Crippen LogP contribution in [0, 0.1) is 18.3 Å². The number of aryl methyl sites for hydroxylation is 1. The molecular formula is C13H9N5. The molecule has 0 aliphatic heterocycles. The predicted octanol–water partition coefficient (Wildman–Crippen LogP) is 2.00. The van der Waals surface area contributed by atoms with Gasteiger partial charge in [-0.3, -0.25) is 4.57 Å². The summed E-state index contributed by atoms with van der Waals surface area (Å²) in [6, 6.07) is 9.80. The van der Waals surface area contributed by atoms with Crippen LogP contribution in [0.25, 0.3) is 16.9 Å². The van der Waals surface area contributed by atoms with Gasteiger partial charge in [0.2, 0.25) is 0 Å². The SMILES string of the molecule is Cc1nc2ccccc2n1-c1nccnc1C#N. The molecule has 0 fully saturated rings. The molecule has 18 heavy (non-hydrogen) atoms. The van der Waals surface area contributed by atoms with E-state index >= 15 is 0 Å². The zero-order valence-electron chi connectivity index (χ0n) is 9.70. The van der Waals surface area contributed by atoms with Crippen LogP contribution in [0.2, 0.25) is 0 Å². The molecule has 0 N–H and O–H groups in total. The van der Waals surface area contributed by atoms with Crippen LogP contribution in [0.3, 0.4) is 0 Å². The summed E-state index contributed by atoms with van der Waals surface area (Å²) in [5.74, 6) is 1.31. The van der Waals surface area contributed by atoms with E-state index in [0.717, 1.165) is 16.9 Å². The van der Waals surface area contributed by atoms with Gasteiger partial charge in [-0.25, -0.2) is 15.0 Å². The van der Waals surface area contributed by atoms with E-state index in [1.807, 2.05) is 35.8 Å². The number of hydrogen-bond acceptors (Lipinski definition) is 4. The fraction of sp³-hybridized carbons (Fsp3) is 0.0769. The van der Waals surface area contributed by atoms with Gasteiger partial charge < -0.3 is 0 Å². The molecule has 0 saturated carbocycles. The fourth-order valence-electron chi connectivity index (χ4n) is 1.99. The first-order valence-electron chi connectivity index (χ1n) is 5.47. The number of aromatic nitrogens is 4. The zero-order valence-corrected chi connectivity index (χ0v) is 9.70. The lowest BCUT2D eigenvalue weighted by Gasteiger charge is -2.06. The Kier molecular flexibility index (Phi) is 2.27. The van der Waals surface area contributed by atoms with Gasteiger partial charge in [-0.1, -0.05) is 12.1 Å². The van der Waals surface area contributed by atoms with Crippen molar-refractivity contribution in [3.8, 4) is 11.9 Å². The predicted molar refractivity (Wildman–Crippen MR) is 66.1 cm³/mol. The highest BCUT2D eigenvalue weighted by atomic mass is 15.1. The molecule has 0 spiro atoms. The normalized spacial score (nSPS) is 10.4. The summed E-state index contributed by atoms with van der Waals surface area (Å²) in [6.45, 7) is 1.88. The molecule has 3 rings (SSSR count). The van der Waals surface area contributed by atoms with Crippen LogP contribution >= 0.6 is 0 Å². The highest BCUT2D eigenvalue weighted by Gasteiger charge is 2.13. The van der Waals surface area contributed by atoms with E-state index in [1.165, 1.54) is 6.20 Å². The minimum atomic E-state index is 0.295. The Morgan fingerprint density at radius 3 is 2.78 bits per heavy atom. The third-order valence-electron chi connectivity index (χ3n) is 2.73. The van der Waals surface area contributed by atoms with Crippen molar-refractivity contribution >= 4 is 11.0 Å². The fourth-order valence-corrected chi connectivity index (χ4v) is 1.99. The molecule has 2 heterocycles. The molecular weight excluding hydrogens is 226 g/mol. The Labute approximate surface area is 103 Å². The first kappa shape index (κ1) is 10.4. The van der Waals surface area contributed by atoms with Crippen LogP contribution in [0.1, 0.15) is 11.5 Å². The van der Waals surface area contributed by atoms with Crippen molar-refractivity contribution in [3.05, 3.63) is 48.2 Å². The highest BCUT2D eigenvalue weighted by Crippen LogP contribution is 2.20. The summed E-state index contributed by atoms with van der Waals surface area (Å²) in [6.07, 6.45) is 3.08. The van der Waals surface area contributed by atoms with Crippen molar-refractivity contribution < 1.29 is 0 Å². The summed E-state index contributed by atoms with van der Waals surface area (Å²) in [5.41, 5.74) is 2.10. The first-order valence-corrected chi connectivity index (χ1v) is 5.47. The van der Waals surface area contributed by atoms with Gasteiger partial charge in [-0.15, -0.1) is 0 Å². The molecule has 0 saturated heterocycles. The molecule has 3 aromatic rings. The molecule has 0 aliphatic rings. The molecule has 0 unspecified atom stereocenters. The minimum absolute atomic E-state index is 0.295. The monoisotopic (exact) mass is 235 g/mol. The van der Waals surface area contributed by atoms with Crippen molar-refractivity contribution in [1.82, 2.24) is 19.5 Å². The molecule has 86 valence electrons. The third kappa shape index (κ3) is 1.44. The minimum Gasteiger partial charge on any atom is -0.278 e. The van der Waals surface area contributed by atoms with Crippen LogP contribution < -0.4 is 0 Å². The summed E-state index contributed by atoms with van der Waals surface area (Å²) in [5, 5.41) is 9.09. The number of rotatable bonds is 1. The van der Waals surface area contributed by atoms with Gasteiger partial charge in [0.25, 0.3) is 0 Å². The zero-order chi connectivity index (χ0) is 12.5. The van der Waals surface area contributed by atoms with E-state index < -0.39 is 0 Å². The van der Waals surface area contributed by atoms with Crippen LogP contribution in [-0.4, -0.2) is 19.5 Å². The molecule has 0 atom stereocenters. The number of hydrogen-bond donors (Lipinski definition) is 0.